The SMILES string of the molecule is CCCCC/C=C\C/C=C\C/C=C\CCCCC(=O)O[C@H](COC(=O)CCC/C=C\C/C=C\C/C=C\C/C=C\CCCCCO)COP(=O)(O)OP(=O)(O)OC[C@H]1O[C@@H](n2ccc(N)nc2=O)[C@H](O)[C@@H]1O. The minimum absolute atomic E-state index is 0.0204. The summed E-state index contributed by atoms with van der Waals surface area (Å²) in [7, 11) is -10.9. The Labute approximate surface area is 419 Å². The van der Waals surface area contributed by atoms with Gasteiger partial charge in [0.25, 0.3) is 0 Å². The summed E-state index contributed by atoms with van der Waals surface area (Å²) < 4.78 is 56.6. The van der Waals surface area contributed by atoms with Crippen molar-refractivity contribution in [3.63, 3.8) is 0 Å². The van der Waals surface area contributed by atoms with Gasteiger partial charge in [-0.05, 0) is 102 Å². The molecule has 1 aromatic rings. The normalized spacial score (nSPS) is 19.9. The van der Waals surface area contributed by atoms with Crippen LogP contribution in [-0.2, 0) is 46.3 Å². The number of aromatic nitrogens is 2. The third-order valence-corrected chi connectivity index (χ3v) is 13.1. The molecule has 0 aromatic carbocycles. The fourth-order valence-electron chi connectivity index (χ4n) is 6.64. The molecular weight excluding hydrogens is 961 g/mol. The summed E-state index contributed by atoms with van der Waals surface area (Å²) in [6.07, 6.45) is 38.3. The highest BCUT2D eigenvalue weighted by atomic mass is 31.3. The van der Waals surface area contributed by atoms with E-state index in [1.54, 1.807) is 0 Å². The lowest BCUT2D eigenvalue weighted by atomic mass is 10.1. The van der Waals surface area contributed by atoms with Crippen LogP contribution in [0.2, 0.25) is 0 Å². The molecule has 1 aromatic heterocycles. The average molecular weight is 1040 g/mol. The summed E-state index contributed by atoms with van der Waals surface area (Å²) >= 11 is 0. The first-order chi connectivity index (χ1) is 34.2. The van der Waals surface area contributed by atoms with E-state index in [1.807, 2.05) is 24.3 Å². The molecule has 1 saturated heterocycles. The molecular formula is C50H79N3O16P2. The Bertz CT molecular complexity index is 2020. The number of phosphoric ester groups is 2. The van der Waals surface area contributed by atoms with E-state index in [2.05, 4.69) is 77.0 Å². The van der Waals surface area contributed by atoms with E-state index in [0.29, 0.717) is 25.7 Å². The Kier molecular flexibility index (Phi) is 34.2. The summed E-state index contributed by atoms with van der Waals surface area (Å²) in [5, 5.41) is 29.7. The first kappa shape index (κ1) is 63.0. The van der Waals surface area contributed by atoms with Crippen molar-refractivity contribution in [3.8, 4) is 0 Å². The number of carbonyl (C=O) groups excluding carboxylic acids is 2. The van der Waals surface area contributed by atoms with Crippen LogP contribution in [0.5, 0.6) is 0 Å². The van der Waals surface area contributed by atoms with Crippen LogP contribution in [0.15, 0.2) is 102 Å². The van der Waals surface area contributed by atoms with E-state index in [-0.39, 0.29) is 25.3 Å². The van der Waals surface area contributed by atoms with Gasteiger partial charge in [0.15, 0.2) is 12.3 Å². The number of phosphoric acid groups is 2. The standard InChI is InChI=1S/C50H79N3O16P2/c1-2-3-4-5-6-7-8-9-13-17-20-23-26-29-32-35-46(56)67-42(39-64-45(55)34-31-28-25-22-19-16-14-11-10-12-15-18-21-24-27-30-33-38-54)40-65-70(60,61)69-71(62,63)66-41-43-47(57)48(58)49(68-43)53-37-36-44(51)52-50(53)59/h6-7,9-10,12-14,16,18,20-23,25,36-37,42-43,47-49,54,57-58H,2-5,8,11,15,17,19,24,26-35,38-41H2,1H3,(H,60,61)(H,62,63)(H2,51,52,59)/b7-6-,12-10-,13-9-,16-14-,21-18-,23-20-,25-22-/t42-,43-,47-,48-,49-/m1/s1. The summed E-state index contributed by atoms with van der Waals surface area (Å²) in [5.74, 6) is -1.44. The molecule has 2 rings (SSSR count). The van der Waals surface area contributed by atoms with Crippen molar-refractivity contribution in [3.05, 3.63) is 108 Å². The fraction of sp³-hybridized carbons (Fsp3) is 0.600. The maximum atomic E-state index is 12.8. The summed E-state index contributed by atoms with van der Waals surface area (Å²) in [4.78, 5) is 61.8. The van der Waals surface area contributed by atoms with Gasteiger partial charge in [-0.3, -0.25) is 23.2 Å². The van der Waals surface area contributed by atoms with Crippen molar-refractivity contribution in [1.29, 1.82) is 0 Å². The molecule has 71 heavy (non-hydrogen) atoms. The van der Waals surface area contributed by atoms with Gasteiger partial charge in [-0.25, -0.2) is 13.9 Å². The van der Waals surface area contributed by atoms with E-state index in [0.717, 1.165) is 81.4 Å². The number of nitrogens with zero attached hydrogens (tertiary/aromatic N) is 2. The number of nitrogens with two attached hydrogens (primary N) is 1. The Morgan fingerprint density at radius 3 is 1.76 bits per heavy atom. The zero-order valence-electron chi connectivity index (χ0n) is 41.2. The highest BCUT2D eigenvalue weighted by Crippen LogP contribution is 2.60. The van der Waals surface area contributed by atoms with Crippen LogP contribution in [0, 0.1) is 0 Å². The number of ether oxygens (including phenoxy) is 3. The zero-order chi connectivity index (χ0) is 52.0. The van der Waals surface area contributed by atoms with Gasteiger partial charge in [0, 0.05) is 25.6 Å². The lowest BCUT2D eigenvalue weighted by Gasteiger charge is -2.21. The minimum atomic E-state index is -5.45. The molecule has 2 heterocycles. The molecule has 7 atom stereocenters. The van der Waals surface area contributed by atoms with Gasteiger partial charge in [-0.15, -0.1) is 0 Å². The van der Waals surface area contributed by atoms with Gasteiger partial charge in [0.05, 0.1) is 13.2 Å². The van der Waals surface area contributed by atoms with Gasteiger partial charge in [-0.2, -0.15) is 9.29 Å². The summed E-state index contributed by atoms with van der Waals surface area (Å²) in [6, 6.07) is 1.24. The first-order valence-corrected chi connectivity index (χ1v) is 27.7. The third kappa shape index (κ3) is 31.2. The van der Waals surface area contributed by atoms with Crippen LogP contribution in [0.25, 0.3) is 0 Å². The zero-order valence-corrected chi connectivity index (χ0v) is 43.0. The highest BCUT2D eigenvalue weighted by molar-refractivity contribution is 7.61. The number of allylic oxidation sites excluding steroid dienone is 14. The Morgan fingerprint density at radius 1 is 0.704 bits per heavy atom. The number of anilines is 1. The summed E-state index contributed by atoms with van der Waals surface area (Å²) in [6.45, 7) is 0.0169. The number of aliphatic hydroxyl groups is 3. The predicted octanol–water partition coefficient (Wildman–Crippen LogP) is 8.86. The number of hydrogen-bond acceptors (Lipinski definition) is 16. The molecule has 0 amide bonds. The van der Waals surface area contributed by atoms with Crippen LogP contribution in [0.1, 0.15) is 142 Å². The van der Waals surface area contributed by atoms with E-state index in [4.69, 9.17) is 34.1 Å². The highest BCUT2D eigenvalue weighted by Gasteiger charge is 2.46. The van der Waals surface area contributed by atoms with Crippen molar-refractivity contribution in [2.45, 2.75) is 166 Å². The second-order valence-corrected chi connectivity index (χ2v) is 19.7. The number of nitrogen functional groups attached to an aromatic ring is 1. The molecule has 0 aliphatic carbocycles. The van der Waals surface area contributed by atoms with Crippen LogP contribution in [0.3, 0.4) is 0 Å². The van der Waals surface area contributed by atoms with E-state index >= 15 is 0 Å². The van der Waals surface area contributed by atoms with Gasteiger partial charge in [0.2, 0.25) is 0 Å². The molecule has 2 unspecified atom stereocenters. The van der Waals surface area contributed by atoms with Crippen molar-refractivity contribution in [2.75, 3.05) is 32.2 Å². The molecule has 1 fully saturated rings. The molecule has 0 saturated carbocycles. The van der Waals surface area contributed by atoms with Crippen LogP contribution in [0.4, 0.5) is 5.82 Å². The predicted molar refractivity (Wildman–Crippen MR) is 271 cm³/mol. The van der Waals surface area contributed by atoms with Gasteiger partial charge in [0.1, 0.15) is 30.7 Å². The number of aliphatic hydroxyl groups excluding tert-OH is 3. The second-order valence-electron chi connectivity index (χ2n) is 16.7. The summed E-state index contributed by atoms with van der Waals surface area (Å²) in [5.41, 5.74) is 4.57. The maximum absolute atomic E-state index is 12.8. The molecule has 0 radical (unpaired) electrons. The molecule has 0 spiro atoms. The molecule has 7 N–H and O–H groups in total. The largest absolute Gasteiger partial charge is 0.481 e. The third-order valence-electron chi connectivity index (χ3n) is 10.5. The van der Waals surface area contributed by atoms with Crippen molar-refractivity contribution >= 4 is 33.4 Å². The molecule has 21 heteroatoms. The van der Waals surface area contributed by atoms with E-state index < -0.39 is 83.7 Å². The van der Waals surface area contributed by atoms with Gasteiger partial charge < -0.3 is 45.1 Å². The smallest absolute Gasteiger partial charge is 0.462 e. The van der Waals surface area contributed by atoms with Crippen LogP contribution in [-0.4, -0.2) is 97.4 Å². The monoisotopic (exact) mass is 1040 g/mol. The van der Waals surface area contributed by atoms with E-state index in [9.17, 15) is 43.5 Å². The lowest BCUT2D eigenvalue weighted by molar-refractivity contribution is -0.161. The number of rotatable bonds is 40. The number of hydrogen-bond donors (Lipinski definition) is 6. The molecule has 400 valence electrons. The van der Waals surface area contributed by atoms with Crippen LogP contribution >= 0.6 is 15.6 Å². The van der Waals surface area contributed by atoms with Crippen molar-refractivity contribution in [1.82, 2.24) is 9.55 Å². The first-order valence-electron chi connectivity index (χ1n) is 24.7. The molecule has 1 aliphatic heterocycles. The number of esters is 2. The second kappa shape index (κ2) is 38.5. The van der Waals surface area contributed by atoms with Gasteiger partial charge >= 0.3 is 33.3 Å². The number of unbranched alkanes of at least 4 members (excludes halogenated alkanes) is 9. The Morgan fingerprint density at radius 2 is 1.21 bits per heavy atom. The van der Waals surface area contributed by atoms with Crippen LogP contribution < -0.4 is 11.4 Å². The average Bonchev–Trinajstić information content (AvgIpc) is 3.61. The van der Waals surface area contributed by atoms with Crippen molar-refractivity contribution < 1.29 is 71.4 Å². The quantitative estimate of drug-likeness (QED) is 0.0155. The topological polar surface area (TPSA) is 286 Å². The van der Waals surface area contributed by atoms with Crippen molar-refractivity contribution in [2.24, 2.45) is 0 Å². The minimum Gasteiger partial charge on any atom is -0.462 e. The lowest BCUT2D eigenvalue weighted by Crippen LogP contribution is -2.36. The fourth-order valence-corrected chi connectivity index (χ4v) is 8.75. The van der Waals surface area contributed by atoms with Gasteiger partial charge in [-0.1, -0.05) is 111 Å². The molecule has 19 nitrogen and oxygen atoms in total. The molecule has 1 aliphatic rings. The Hall–Kier alpha value is -4.10. The Balaban J connectivity index is 1.85. The van der Waals surface area contributed by atoms with E-state index in [1.165, 1.54) is 25.3 Å². The molecule has 0 bridgehead atoms. The number of carbonyl (C=O) groups is 2. The maximum Gasteiger partial charge on any atom is 0.481 e.